The van der Waals surface area contributed by atoms with Gasteiger partial charge in [0.25, 0.3) is 0 Å². The zero-order valence-electron chi connectivity index (χ0n) is 18.2. The fraction of sp³-hybridized carbons (Fsp3) is 0.875. The summed E-state index contributed by atoms with van der Waals surface area (Å²) >= 11 is 0. The molecule has 1 heterocycles. The highest BCUT2D eigenvalue weighted by atomic mass is 16.4. The number of carboxylic acids is 1. The number of carbonyl (C=O) groups excluding carboxylic acids is 2. The average Bonchev–Trinajstić information content (AvgIpc) is 2.92. The van der Waals surface area contributed by atoms with Crippen LogP contribution in [0.4, 0.5) is 0 Å². The molecule has 1 aliphatic heterocycles. The van der Waals surface area contributed by atoms with E-state index in [-0.39, 0.29) is 29.2 Å². The lowest BCUT2D eigenvalue weighted by Crippen LogP contribution is -2.55. The number of carboxylic acid groups (broad SMARTS) is 1. The Balaban J connectivity index is 1.61. The minimum atomic E-state index is -0.736. The lowest BCUT2D eigenvalue weighted by Gasteiger charge is -2.55. The standard InChI is InChI=1S/C24H37NO4/c1-14(4-9-22(28)29)18-7-8-19-17-6-5-15-12-16(26)10-11-23(15,2)20(17)13-21(27)25-24(18,19)3/h14-15,17-20H,4-13H2,1-3H3,(H,25,27)(H,28,29)/t14-,15-,17+,18-,19+,20+,23+,24-/m1/s1. The van der Waals surface area contributed by atoms with Crippen molar-refractivity contribution in [3.8, 4) is 0 Å². The van der Waals surface area contributed by atoms with Crippen LogP contribution in [0.15, 0.2) is 0 Å². The molecule has 1 saturated heterocycles. The van der Waals surface area contributed by atoms with E-state index in [1.807, 2.05) is 0 Å². The highest BCUT2D eigenvalue weighted by molar-refractivity contribution is 5.80. The smallest absolute Gasteiger partial charge is 0.303 e. The predicted molar refractivity (Wildman–Crippen MR) is 110 cm³/mol. The monoisotopic (exact) mass is 403 g/mol. The van der Waals surface area contributed by atoms with Crippen molar-refractivity contribution in [1.29, 1.82) is 0 Å². The molecule has 0 unspecified atom stereocenters. The molecule has 0 bridgehead atoms. The van der Waals surface area contributed by atoms with E-state index in [9.17, 15) is 14.4 Å². The Morgan fingerprint density at radius 1 is 1.14 bits per heavy atom. The van der Waals surface area contributed by atoms with E-state index in [4.69, 9.17) is 5.11 Å². The van der Waals surface area contributed by atoms with Gasteiger partial charge in [0.1, 0.15) is 5.78 Å². The van der Waals surface area contributed by atoms with Crippen LogP contribution in [-0.2, 0) is 14.4 Å². The number of Topliss-reactive ketones (excluding diaryl/α,β-unsaturated/α-hetero) is 1. The second-order valence-corrected chi connectivity index (χ2v) is 11.0. The summed E-state index contributed by atoms with van der Waals surface area (Å²) in [5.74, 6) is 2.27. The molecule has 0 aromatic rings. The molecule has 0 spiro atoms. The molecule has 29 heavy (non-hydrogen) atoms. The Bertz CT molecular complexity index is 705. The van der Waals surface area contributed by atoms with Crippen LogP contribution in [0.25, 0.3) is 0 Å². The van der Waals surface area contributed by atoms with Gasteiger partial charge in [-0.05, 0) is 86.4 Å². The molecular formula is C24H37NO4. The van der Waals surface area contributed by atoms with Crippen LogP contribution in [0.5, 0.6) is 0 Å². The van der Waals surface area contributed by atoms with Crippen molar-refractivity contribution in [2.45, 2.75) is 90.5 Å². The van der Waals surface area contributed by atoms with Crippen molar-refractivity contribution in [1.82, 2.24) is 5.32 Å². The fourth-order valence-electron chi connectivity index (χ4n) is 8.15. The molecule has 8 atom stereocenters. The molecule has 162 valence electrons. The van der Waals surface area contributed by atoms with Crippen molar-refractivity contribution in [3.05, 3.63) is 0 Å². The lowest BCUT2D eigenvalue weighted by molar-refractivity contribution is -0.137. The van der Waals surface area contributed by atoms with Crippen molar-refractivity contribution in [2.75, 3.05) is 0 Å². The first kappa shape index (κ1) is 20.9. The van der Waals surface area contributed by atoms with Crippen molar-refractivity contribution >= 4 is 17.7 Å². The molecule has 4 aliphatic rings. The zero-order valence-corrected chi connectivity index (χ0v) is 18.2. The van der Waals surface area contributed by atoms with Gasteiger partial charge in [0.2, 0.25) is 5.91 Å². The molecule has 3 saturated carbocycles. The van der Waals surface area contributed by atoms with Gasteiger partial charge in [-0.1, -0.05) is 13.8 Å². The first-order valence-electron chi connectivity index (χ1n) is 11.7. The molecule has 2 N–H and O–H groups in total. The molecule has 4 fully saturated rings. The highest BCUT2D eigenvalue weighted by Crippen LogP contribution is 2.62. The number of hydrogen-bond acceptors (Lipinski definition) is 3. The predicted octanol–water partition coefficient (Wildman–Crippen LogP) is 4.19. The van der Waals surface area contributed by atoms with Crippen LogP contribution in [0.3, 0.4) is 0 Å². The molecule has 0 radical (unpaired) electrons. The minimum Gasteiger partial charge on any atom is -0.481 e. The van der Waals surface area contributed by atoms with Crippen molar-refractivity contribution in [2.24, 2.45) is 40.9 Å². The van der Waals surface area contributed by atoms with Gasteiger partial charge in [0, 0.05) is 31.2 Å². The molecule has 3 aliphatic carbocycles. The van der Waals surface area contributed by atoms with Crippen LogP contribution < -0.4 is 5.32 Å². The summed E-state index contributed by atoms with van der Waals surface area (Å²) in [6, 6.07) is 0. The first-order chi connectivity index (χ1) is 13.6. The van der Waals surface area contributed by atoms with Crippen LogP contribution >= 0.6 is 0 Å². The van der Waals surface area contributed by atoms with Crippen LogP contribution in [0.2, 0.25) is 0 Å². The van der Waals surface area contributed by atoms with Crippen LogP contribution in [0, 0.1) is 40.9 Å². The molecule has 1 amide bonds. The second-order valence-electron chi connectivity index (χ2n) is 11.0. The number of carbonyl (C=O) groups is 3. The Labute approximate surface area is 174 Å². The van der Waals surface area contributed by atoms with E-state index < -0.39 is 5.97 Å². The van der Waals surface area contributed by atoms with E-state index in [2.05, 4.69) is 26.1 Å². The third-order valence-electron chi connectivity index (χ3n) is 9.72. The summed E-state index contributed by atoms with van der Waals surface area (Å²) in [6.45, 7) is 6.77. The Hall–Kier alpha value is -1.39. The summed E-state index contributed by atoms with van der Waals surface area (Å²) in [6.07, 6.45) is 8.23. The van der Waals surface area contributed by atoms with Gasteiger partial charge < -0.3 is 10.4 Å². The van der Waals surface area contributed by atoms with Gasteiger partial charge in [-0.25, -0.2) is 0 Å². The number of ketones is 1. The molecule has 5 nitrogen and oxygen atoms in total. The van der Waals surface area contributed by atoms with Crippen LogP contribution in [-0.4, -0.2) is 28.3 Å². The summed E-state index contributed by atoms with van der Waals surface area (Å²) in [7, 11) is 0. The number of rotatable bonds is 4. The third kappa shape index (κ3) is 3.42. The van der Waals surface area contributed by atoms with Gasteiger partial charge in [-0.2, -0.15) is 0 Å². The molecule has 0 aromatic heterocycles. The molecule has 0 aromatic carbocycles. The SMILES string of the molecule is C[C@H](CCC(=O)O)[C@H]1CC[C@H]2[C@@H]3CC[C@@H]4CC(=O)CC[C@]4(C)[C@H]3CC(=O)N[C@]12C. The summed E-state index contributed by atoms with van der Waals surface area (Å²) in [4.78, 5) is 36.3. The van der Waals surface area contributed by atoms with Crippen molar-refractivity contribution in [3.63, 3.8) is 0 Å². The van der Waals surface area contributed by atoms with E-state index in [0.29, 0.717) is 61.1 Å². The van der Waals surface area contributed by atoms with Gasteiger partial charge in [-0.3, -0.25) is 14.4 Å². The number of fused-ring (bicyclic) bond motifs is 5. The maximum Gasteiger partial charge on any atom is 0.303 e. The van der Waals surface area contributed by atoms with Gasteiger partial charge in [0.15, 0.2) is 0 Å². The van der Waals surface area contributed by atoms with Crippen LogP contribution in [0.1, 0.15) is 85.0 Å². The topological polar surface area (TPSA) is 83.5 Å². The number of nitrogens with one attached hydrogen (secondary N) is 1. The molecule has 5 heteroatoms. The number of aliphatic carboxylic acids is 1. The van der Waals surface area contributed by atoms with E-state index >= 15 is 0 Å². The Kier molecular flexibility index (Phi) is 5.31. The fourth-order valence-corrected chi connectivity index (χ4v) is 8.15. The largest absolute Gasteiger partial charge is 0.481 e. The zero-order chi connectivity index (χ0) is 21.0. The normalized spacial score (nSPS) is 45.4. The molecule has 4 rings (SSSR count). The maximum absolute atomic E-state index is 13.1. The van der Waals surface area contributed by atoms with Gasteiger partial charge in [-0.15, -0.1) is 0 Å². The number of hydrogen-bond donors (Lipinski definition) is 2. The quantitative estimate of drug-likeness (QED) is 0.737. The van der Waals surface area contributed by atoms with Gasteiger partial charge in [0.05, 0.1) is 0 Å². The summed E-state index contributed by atoms with van der Waals surface area (Å²) < 4.78 is 0. The Morgan fingerprint density at radius 3 is 2.62 bits per heavy atom. The maximum atomic E-state index is 13.1. The van der Waals surface area contributed by atoms with Crippen molar-refractivity contribution < 1.29 is 19.5 Å². The number of amides is 1. The van der Waals surface area contributed by atoms with E-state index in [1.54, 1.807) is 0 Å². The third-order valence-corrected chi connectivity index (χ3v) is 9.72. The molecular weight excluding hydrogens is 366 g/mol. The Morgan fingerprint density at radius 2 is 1.90 bits per heavy atom. The highest BCUT2D eigenvalue weighted by Gasteiger charge is 2.60. The lowest BCUT2D eigenvalue weighted by atomic mass is 9.49. The minimum absolute atomic E-state index is 0.104. The summed E-state index contributed by atoms with van der Waals surface area (Å²) in [5.41, 5.74) is -0.130. The van der Waals surface area contributed by atoms with Gasteiger partial charge >= 0.3 is 5.97 Å². The second kappa shape index (κ2) is 7.39. The first-order valence-corrected chi connectivity index (χ1v) is 11.7. The summed E-state index contributed by atoms with van der Waals surface area (Å²) in [5, 5.41) is 12.6. The van der Waals surface area contributed by atoms with E-state index in [1.165, 1.54) is 0 Å². The van der Waals surface area contributed by atoms with E-state index in [0.717, 1.165) is 32.1 Å². The average molecular weight is 404 g/mol.